The fourth-order valence-electron chi connectivity index (χ4n) is 3.15. The van der Waals surface area contributed by atoms with E-state index in [1.165, 1.54) is 12.8 Å². The molecule has 1 amide bonds. The molecule has 1 fully saturated rings. The summed E-state index contributed by atoms with van der Waals surface area (Å²) in [6.07, 6.45) is 4.65. The van der Waals surface area contributed by atoms with Gasteiger partial charge in [0.25, 0.3) is 0 Å². The molecule has 0 aromatic heterocycles. The minimum absolute atomic E-state index is 0.0424. The number of carbonyl (C=O) groups excluding carboxylic acids is 1. The summed E-state index contributed by atoms with van der Waals surface area (Å²) in [6, 6.07) is 8.06. The number of amides is 1. The summed E-state index contributed by atoms with van der Waals surface area (Å²) in [5.74, 6) is 1.68. The lowest BCUT2D eigenvalue weighted by molar-refractivity contribution is -0.122. The van der Waals surface area contributed by atoms with Crippen LogP contribution in [-0.4, -0.2) is 49.7 Å². The average Bonchev–Trinajstić information content (AvgIpc) is 2.99. The lowest BCUT2D eigenvalue weighted by Gasteiger charge is -2.29. The van der Waals surface area contributed by atoms with Crippen LogP contribution in [0, 0.1) is 0 Å². The highest BCUT2D eigenvalue weighted by Crippen LogP contribution is 2.30. The van der Waals surface area contributed by atoms with Crippen molar-refractivity contribution in [3.63, 3.8) is 0 Å². The SMILES string of the molecule is CN(CC(=O)NC1CCCC1)CC1COc2ccccc2O1. The Kier molecular flexibility index (Phi) is 4.83. The molecule has 120 valence electrons. The van der Waals surface area contributed by atoms with Crippen LogP contribution in [0.1, 0.15) is 25.7 Å². The second-order valence-corrected chi connectivity index (χ2v) is 6.24. The highest BCUT2D eigenvalue weighted by atomic mass is 16.6. The summed E-state index contributed by atoms with van der Waals surface area (Å²) in [7, 11) is 1.94. The summed E-state index contributed by atoms with van der Waals surface area (Å²) >= 11 is 0. The molecular weight excluding hydrogens is 280 g/mol. The molecule has 0 spiro atoms. The van der Waals surface area contributed by atoms with Gasteiger partial charge in [0.2, 0.25) is 5.91 Å². The molecule has 0 bridgehead atoms. The summed E-state index contributed by atoms with van der Waals surface area (Å²) in [6.45, 7) is 1.59. The van der Waals surface area contributed by atoms with Gasteiger partial charge in [0.05, 0.1) is 6.54 Å². The Hall–Kier alpha value is -1.75. The first-order valence-corrected chi connectivity index (χ1v) is 8.07. The van der Waals surface area contributed by atoms with Gasteiger partial charge in [0.15, 0.2) is 11.5 Å². The van der Waals surface area contributed by atoms with Crippen LogP contribution in [-0.2, 0) is 4.79 Å². The van der Waals surface area contributed by atoms with Crippen molar-refractivity contribution in [2.75, 3.05) is 26.7 Å². The highest BCUT2D eigenvalue weighted by molar-refractivity contribution is 5.78. The summed E-state index contributed by atoms with van der Waals surface area (Å²) in [4.78, 5) is 14.0. The van der Waals surface area contributed by atoms with E-state index in [0.29, 0.717) is 25.7 Å². The topological polar surface area (TPSA) is 50.8 Å². The third-order valence-electron chi connectivity index (χ3n) is 4.22. The number of carbonyl (C=O) groups is 1. The van der Waals surface area contributed by atoms with Gasteiger partial charge in [0, 0.05) is 12.6 Å². The summed E-state index contributed by atoms with van der Waals surface area (Å²) < 4.78 is 11.6. The van der Waals surface area contributed by atoms with Gasteiger partial charge in [-0.15, -0.1) is 0 Å². The van der Waals surface area contributed by atoms with Crippen molar-refractivity contribution in [2.24, 2.45) is 0 Å². The molecule has 0 radical (unpaired) electrons. The maximum Gasteiger partial charge on any atom is 0.234 e. The number of fused-ring (bicyclic) bond motifs is 1. The number of likely N-dealkylation sites (N-methyl/N-ethyl adjacent to an activating group) is 1. The number of hydrogen-bond acceptors (Lipinski definition) is 4. The Morgan fingerprint density at radius 2 is 2.00 bits per heavy atom. The lowest BCUT2D eigenvalue weighted by atomic mass is 10.2. The normalized spacial score (nSPS) is 21.1. The van der Waals surface area contributed by atoms with E-state index in [9.17, 15) is 4.79 Å². The van der Waals surface area contributed by atoms with Crippen LogP contribution in [0.25, 0.3) is 0 Å². The number of hydrogen-bond donors (Lipinski definition) is 1. The Balaban J connectivity index is 1.44. The Bertz CT molecular complexity index is 514. The maximum atomic E-state index is 12.0. The van der Waals surface area contributed by atoms with E-state index >= 15 is 0 Å². The average molecular weight is 304 g/mol. The second kappa shape index (κ2) is 7.01. The zero-order valence-electron chi connectivity index (χ0n) is 13.1. The van der Waals surface area contributed by atoms with Gasteiger partial charge in [-0.3, -0.25) is 9.69 Å². The van der Waals surface area contributed by atoms with Gasteiger partial charge in [-0.25, -0.2) is 0 Å². The van der Waals surface area contributed by atoms with Crippen LogP contribution in [0.15, 0.2) is 24.3 Å². The number of benzene rings is 1. The van der Waals surface area contributed by atoms with Gasteiger partial charge < -0.3 is 14.8 Å². The van der Waals surface area contributed by atoms with Crippen LogP contribution in [0.2, 0.25) is 0 Å². The molecule has 1 unspecified atom stereocenters. The third kappa shape index (κ3) is 3.91. The van der Waals surface area contributed by atoms with E-state index < -0.39 is 0 Å². The minimum atomic E-state index is -0.0424. The van der Waals surface area contributed by atoms with Crippen molar-refractivity contribution >= 4 is 5.91 Å². The van der Waals surface area contributed by atoms with Crippen LogP contribution in [0.3, 0.4) is 0 Å². The molecule has 5 nitrogen and oxygen atoms in total. The molecule has 22 heavy (non-hydrogen) atoms. The van der Waals surface area contributed by atoms with Crippen molar-refractivity contribution in [3.8, 4) is 11.5 Å². The van der Waals surface area contributed by atoms with Crippen molar-refractivity contribution in [2.45, 2.75) is 37.8 Å². The van der Waals surface area contributed by atoms with Crippen LogP contribution < -0.4 is 14.8 Å². The van der Waals surface area contributed by atoms with Crippen LogP contribution in [0.4, 0.5) is 0 Å². The number of nitrogens with one attached hydrogen (secondary N) is 1. The zero-order chi connectivity index (χ0) is 15.4. The fraction of sp³-hybridized carbons (Fsp3) is 0.588. The molecule has 1 aliphatic heterocycles. The molecule has 1 aromatic carbocycles. The van der Waals surface area contributed by atoms with Gasteiger partial charge in [-0.1, -0.05) is 25.0 Å². The van der Waals surface area contributed by atoms with Crippen LogP contribution in [0.5, 0.6) is 11.5 Å². The first-order valence-electron chi connectivity index (χ1n) is 8.07. The highest BCUT2D eigenvalue weighted by Gasteiger charge is 2.23. The first kappa shape index (κ1) is 15.2. The molecule has 1 atom stereocenters. The van der Waals surface area contributed by atoms with E-state index in [1.54, 1.807) is 0 Å². The summed E-state index contributed by atoms with van der Waals surface area (Å²) in [5, 5.41) is 3.11. The van der Waals surface area contributed by atoms with Crippen LogP contribution >= 0.6 is 0 Å². The standard InChI is InChI=1S/C17H24N2O3/c1-19(11-17(20)18-13-6-2-3-7-13)10-14-12-21-15-8-4-5-9-16(15)22-14/h4-5,8-9,13-14H,2-3,6-7,10-12H2,1H3,(H,18,20). The zero-order valence-corrected chi connectivity index (χ0v) is 13.1. The number of para-hydroxylation sites is 2. The van der Waals surface area contributed by atoms with Gasteiger partial charge in [0.1, 0.15) is 12.7 Å². The molecule has 1 saturated carbocycles. The van der Waals surface area contributed by atoms with Crippen molar-refractivity contribution < 1.29 is 14.3 Å². The Labute approximate surface area is 131 Å². The molecule has 3 rings (SSSR count). The number of rotatable bonds is 5. The Morgan fingerprint density at radius 1 is 1.27 bits per heavy atom. The molecule has 0 saturated heterocycles. The van der Waals surface area contributed by atoms with Gasteiger partial charge in [-0.05, 0) is 32.0 Å². The molecular formula is C17H24N2O3. The second-order valence-electron chi connectivity index (χ2n) is 6.24. The van der Waals surface area contributed by atoms with Gasteiger partial charge >= 0.3 is 0 Å². The predicted octanol–water partition coefficient (Wildman–Crippen LogP) is 1.82. The molecule has 1 aromatic rings. The van der Waals surface area contributed by atoms with Gasteiger partial charge in [-0.2, -0.15) is 0 Å². The van der Waals surface area contributed by atoms with E-state index in [2.05, 4.69) is 5.32 Å². The van der Waals surface area contributed by atoms with Crippen molar-refractivity contribution in [3.05, 3.63) is 24.3 Å². The number of nitrogens with zero attached hydrogens (tertiary/aromatic N) is 1. The third-order valence-corrected chi connectivity index (χ3v) is 4.22. The summed E-state index contributed by atoms with van der Waals surface area (Å²) in [5.41, 5.74) is 0. The largest absolute Gasteiger partial charge is 0.486 e. The molecule has 1 heterocycles. The molecule has 1 N–H and O–H groups in total. The monoisotopic (exact) mass is 304 g/mol. The fourth-order valence-corrected chi connectivity index (χ4v) is 3.15. The molecule has 2 aliphatic rings. The number of ether oxygens (including phenoxy) is 2. The van der Waals surface area contributed by atoms with E-state index in [1.807, 2.05) is 36.2 Å². The Morgan fingerprint density at radius 3 is 2.77 bits per heavy atom. The van der Waals surface area contributed by atoms with Crippen molar-refractivity contribution in [1.82, 2.24) is 10.2 Å². The quantitative estimate of drug-likeness (QED) is 0.901. The van der Waals surface area contributed by atoms with E-state index in [4.69, 9.17) is 9.47 Å². The molecule has 5 heteroatoms. The van der Waals surface area contributed by atoms with E-state index in [-0.39, 0.29) is 12.0 Å². The predicted molar refractivity (Wildman–Crippen MR) is 84.2 cm³/mol. The first-order chi connectivity index (χ1) is 10.7. The van der Waals surface area contributed by atoms with Crippen molar-refractivity contribution in [1.29, 1.82) is 0 Å². The minimum Gasteiger partial charge on any atom is -0.486 e. The lowest BCUT2D eigenvalue weighted by Crippen LogP contribution is -2.44. The van der Waals surface area contributed by atoms with E-state index in [0.717, 1.165) is 24.3 Å². The maximum absolute atomic E-state index is 12.0. The smallest absolute Gasteiger partial charge is 0.234 e. The molecule has 1 aliphatic carbocycles.